The summed E-state index contributed by atoms with van der Waals surface area (Å²) in [7, 11) is 1.71. The predicted octanol–water partition coefficient (Wildman–Crippen LogP) is 5.22. The van der Waals surface area contributed by atoms with E-state index in [1.54, 1.807) is 32.4 Å². The van der Waals surface area contributed by atoms with Crippen molar-refractivity contribution in [1.82, 2.24) is 14.9 Å². The zero-order chi connectivity index (χ0) is 23.4. The summed E-state index contributed by atoms with van der Waals surface area (Å²) in [5.74, 6) is 0.722. The number of para-hydroxylation sites is 2. The van der Waals surface area contributed by atoms with E-state index in [1.165, 1.54) is 12.1 Å². The Morgan fingerprint density at radius 2 is 2.00 bits per heavy atom. The molecule has 0 saturated carbocycles. The van der Waals surface area contributed by atoms with Crippen LogP contribution in [0.25, 0.3) is 0 Å². The van der Waals surface area contributed by atoms with Gasteiger partial charge in [0.1, 0.15) is 17.4 Å². The first-order chi connectivity index (χ1) is 16.0. The van der Waals surface area contributed by atoms with Crippen LogP contribution in [0.5, 0.6) is 5.75 Å². The van der Waals surface area contributed by atoms with Gasteiger partial charge in [0, 0.05) is 18.3 Å². The van der Waals surface area contributed by atoms with Crippen LogP contribution >= 0.6 is 0 Å². The number of nitrogens with zero attached hydrogens (tertiary/aromatic N) is 3. The average molecular weight is 449 g/mol. The molecule has 2 heterocycles. The highest BCUT2D eigenvalue weighted by Gasteiger charge is 2.28. The highest BCUT2D eigenvalue weighted by Crippen LogP contribution is 2.33. The summed E-state index contributed by atoms with van der Waals surface area (Å²) >= 11 is 0. The van der Waals surface area contributed by atoms with Gasteiger partial charge in [-0.25, -0.2) is 14.4 Å². The summed E-state index contributed by atoms with van der Waals surface area (Å²) < 4.78 is 19.6. The normalized spacial score (nSPS) is 16.4. The molecule has 1 aromatic heterocycles. The zero-order valence-corrected chi connectivity index (χ0v) is 19.3. The maximum atomic E-state index is 13.9. The molecule has 0 aliphatic carbocycles. The van der Waals surface area contributed by atoms with Crippen molar-refractivity contribution in [2.75, 3.05) is 19.0 Å². The van der Waals surface area contributed by atoms with E-state index in [9.17, 15) is 9.18 Å². The number of aromatic nitrogens is 2. The number of likely N-dealkylation sites (tertiary alicyclic amines) is 1. The first-order valence-electron chi connectivity index (χ1n) is 11.2. The standard InChI is InChI=1S/C26H29FN4O2/c1-17-9-8-10-19(24(17)33-3)16-31-14-7-6-13-23(31)25-28-15-20(18(2)29-25)26(32)30-22-12-5-4-11-21(22)27/h4-5,8-12,15,23H,6-7,13-14,16H2,1-3H3,(H,30,32)/t23-/m1/s1. The molecule has 1 aliphatic heterocycles. The Kier molecular flexibility index (Phi) is 6.99. The smallest absolute Gasteiger partial charge is 0.259 e. The van der Waals surface area contributed by atoms with Crippen LogP contribution in [-0.2, 0) is 6.54 Å². The molecule has 3 aromatic rings. The number of carbonyl (C=O) groups is 1. The molecule has 1 aliphatic rings. The Labute approximate surface area is 193 Å². The monoisotopic (exact) mass is 448 g/mol. The molecule has 0 spiro atoms. The van der Waals surface area contributed by atoms with Gasteiger partial charge in [0.15, 0.2) is 0 Å². The topological polar surface area (TPSA) is 67.3 Å². The molecule has 0 bridgehead atoms. The lowest BCUT2D eigenvalue weighted by atomic mass is 9.99. The maximum absolute atomic E-state index is 13.9. The number of nitrogens with one attached hydrogen (secondary N) is 1. The fourth-order valence-corrected chi connectivity index (χ4v) is 4.44. The minimum absolute atomic E-state index is 0.0614. The number of anilines is 1. The molecule has 1 atom stereocenters. The van der Waals surface area contributed by atoms with E-state index in [4.69, 9.17) is 9.72 Å². The van der Waals surface area contributed by atoms with Crippen LogP contribution in [-0.4, -0.2) is 34.4 Å². The summed E-state index contributed by atoms with van der Waals surface area (Å²) in [5.41, 5.74) is 3.30. The molecule has 7 heteroatoms. The number of aryl methyl sites for hydroxylation is 2. The Morgan fingerprint density at radius 1 is 1.18 bits per heavy atom. The van der Waals surface area contributed by atoms with Crippen LogP contribution in [0.1, 0.15) is 58.3 Å². The number of benzene rings is 2. The lowest BCUT2D eigenvalue weighted by molar-refractivity contribution is 0.102. The van der Waals surface area contributed by atoms with E-state index < -0.39 is 11.7 Å². The van der Waals surface area contributed by atoms with Gasteiger partial charge < -0.3 is 10.1 Å². The molecular weight excluding hydrogens is 419 g/mol. The second kappa shape index (κ2) is 10.1. The summed E-state index contributed by atoms with van der Waals surface area (Å²) in [5, 5.41) is 2.61. The maximum Gasteiger partial charge on any atom is 0.259 e. The first kappa shape index (κ1) is 22.9. The van der Waals surface area contributed by atoms with E-state index >= 15 is 0 Å². The van der Waals surface area contributed by atoms with Crippen molar-refractivity contribution < 1.29 is 13.9 Å². The molecule has 6 nitrogen and oxygen atoms in total. The minimum Gasteiger partial charge on any atom is -0.496 e. The van der Waals surface area contributed by atoms with Crippen LogP contribution in [0, 0.1) is 19.7 Å². The Morgan fingerprint density at radius 3 is 2.76 bits per heavy atom. The molecular formula is C26H29FN4O2. The molecule has 33 heavy (non-hydrogen) atoms. The lowest BCUT2D eigenvalue weighted by Crippen LogP contribution is -2.34. The third kappa shape index (κ3) is 5.03. The zero-order valence-electron chi connectivity index (χ0n) is 19.3. The largest absolute Gasteiger partial charge is 0.496 e. The Balaban J connectivity index is 1.55. The van der Waals surface area contributed by atoms with Gasteiger partial charge in [-0.15, -0.1) is 0 Å². The van der Waals surface area contributed by atoms with E-state index in [-0.39, 0.29) is 11.7 Å². The van der Waals surface area contributed by atoms with E-state index in [2.05, 4.69) is 27.3 Å². The number of hydrogen-bond acceptors (Lipinski definition) is 5. The Hall–Kier alpha value is -3.32. The molecule has 0 radical (unpaired) electrons. The van der Waals surface area contributed by atoms with Gasteiger partial charge in [0.25, 0.3) is 5.91 Å². The lowest BCUT2D eigenvalue weighted by Gasteiger charge is -2.35. The number of hydrogen-bond donors (Lipinski definition) is 1. The summed E-state index contributed by atoms with van der Waals surface area (Å²) in [6.45, 7) is 5.53. The van der Waals surface area contributed by atoms with Gasteiger partial charge in [-0.3, -0.25) is 9.69 Å². The predicted molar refractivity (Wildman–Crippen MR) is 126 cm³/mol. The number of halogens is 1. The molecule has 1 amide bonds. The van der Waals surface area contributed by atoms with Crippen molar-refractivity contribution in [2.45, 2.75) is 45.7 Å². The van der Waals surface area contributed by atoms with Gasteiger partial charge in [-0.2, -0.15) is 0 Å². The summed E-state index contributed by atoms with van der Waals surface area (Å²) in [6.07, 6.45) is 4.72. The fraction of sp³-hybridized carbons (Fsp3) is 0.346. The van der Waals surface area contributed by atoms with Gasteiger partial charge >= 0.3 is 0 Å². The average Bonchev–Trinajstić information content (AvgIpc) is 2.81. The van der Waals surface area contributed by atoms with Gasteiger partial charge in [-0.05, 0) is 50.9 Å². The van der Waals surface area contributed by atoms with E-state index in [0.29, 0.717) is 17.1 Å². The SMILES string of the molecule is COc1c(C)cccc1CN1CCCC[C@@H]1c1ncc(C(=O)Nc2ccccc2F)c(C)n1. The summed E-state index contributed by atoms with van der Waals surface area (Å²) in [6, 6.07) is 12.3. The van der Waals surface area contributed by atoms with Crippen molar-refractivity contribution in [3.8, 4) is 5.75 Å². The number of piperidine rings is 1. The quantitative estimate of drug-likeness (QED) is 0.560. The van der Waals surface area contributed by atoms with Crippen LogP contribution < -0.4 is 10.1 Å². The van der Waals surface area contributed by atoms with Crippen molar-refractivity contribution in [1.29, 1.82) is 0 Å². The van der Waals surface area contributed by atoms with Crippen LogP contribution in [0.15, 0.2) is 48.7 Å². The number of ether oxygens (including phenoxy) is 1. The van der Waals surface area contributed by atoms with Crippen molar-refractivity contribution in [3.63, 3.8) is 0 Å². The number of methoxy groups -OCH3 is 1. The van der Waals surface area contributed by atoms with Crippen molar-refractivity contribution in [2.24, 2.45) is 0 Å². The second-order valence-electron chi connectivity index (χ2n) is 8.41. The molecule has 1 N–H and O–H groups in total. The second-order valence-corrected chi connectivity index (χ2v) is 8.41. The van der Waals surface area contributed by atoms with E-state index in [0.717, 1.165) is 49.2 Å². The van der Waals surface area contributed by atoms with Gasteiger partial charge in [0.05, 0.1) is 30.1 Å². The van der Waals surface area contributed by atoms with Crippen molar-refractivity contribution in [3.05, 3.63) is 82.7 Å². The Bertz CT molecular complexity index is 1150. The molecule has 1 fully saturated rings. The number of rotatable bonds is 6. The fourth-order valence-electron chi connectivity index (χ4n) is 4.44. The van der Waals surface area contributed by atoms with E-state index in [1.807, 2.05) is 13.0 Å². The van der Waals surface area contributed by atoms with Crippen molar-refractivity contribution >= 4 is 11.6 Å². The highest BCUT2D eigenvalue weighted by atomic mass is 19.1. The highest BCUT2D eigenvalue weighted by molar-refractivity contribution is 6.04. The molecule has 4 rings (SSSR count). The number of carbonyl (C=O) groups excluding carboxylic acids is 1. The molecule has 1 saturated heterocycles. The van der Waals surface area contributed by atoms with Crippen LogP contribution in [0.4, 0.5) is 10.1 Å². The van der Waals surface area contributed by atoms with Gasteiger partial charge in [-0.1, -0.05) is 36.8 Å². The first-order valence-corrected chi connectivity index (χ1v) is 11.2. The molecule has 2 aromatic carbocycles. The third-order valence-electron chi connectivity index (χ3n) is 6.15. The summed E-state index contributed by atoms with van der Waals surface area (Å²) in [4.78, 5) is 24.3. The number of amides is 1. The van der Waals surface area contributed by atoms with Crippen LogP contribution in [0.2, 0.25) is 0 Å². The minimum atomic E-state index is -0.481. The van der Waals surface area contributed by atoms with Gasteiger partial charge in [0.2, 0.25) is 0 Å². The third-order valence-corrected chi connectivity index (χ3v) is 6.15. The molecule has 172 valence electrons. The molecule has 0 unspecified atom stereocenters. The van der Waals surface area contributed by atoms with Crippen LogP contribution in [0.3, 0.4) is 0 Å².